The third-order valence-corrected chi connectivity index (χ3v) is 9.20. The van der Waals surface area contributed by atoms with E-state index < -0.39 is 0 Å². The second-order valence-corrected chi connectivity index (χ2v) is 12.3. The van der Waals surface area contributed by atoms with E-state index in [1.165, 1.54) is 76.2 Å². The van der Waals surface area contributed by atoms with Crippen molar-refractivity contribution in [2.75, 3.05) is 32.7 Å². The van der Waals surface area contributed by atoms with Crippen LogP contribution in [0, 0.1) is 28.0 Å². The molecule has 41 heavy (non-hydrogen) atoms. The molecule has 1 atom stereocenters. The van der Waals surface area contributed by atoms with Crippen molar-refractivity contribution in [3.8, 4) is 11.1 Å². The molecule has 224 valence electrons. The van der Waals surface area contributed by atoms with Crippen molar-refractivity contribution in [2.24, 2.45) is 23.0 Å². The van der Waals surface area contributed by atoms with Crippen LogP contribution < -0.4 is 11.7 Å². The number of nitrogens with zero attached hydrogens (tertiary/aromatic N) is 2. The third-order valence-electron chi connectivity index (χ3n) is 9.20. The molecule has 0 aromatic heterocycles. The zero-order chi connectivity index (χ0) is 30.0. The summed E-state index contributed by atoms with van der Waals surface area (Å²) in [7, 11) is 0. The van der Waals surface area contributed by atoms with Crippen molar-refractivity contribution in [1.82, 2.24) is 9.80 Å². The summed E-state index contributed by atoms with van der Waals surface area (Å²) >= 11 is 0. The number of likely N-dealkylation sites (tertiary alicyclic amines) is 2. The first-order valence-corrected chi connectivity index (χ1v) is 15.1. The fourth-order valence-electron chi connectivity index (χ4n) is 7.11. The van der Waals surface area contributed by atoms with Crippen LogP contribution in [0.2, 0.25) is 0 Å². The number of nitrogens with one attached hydrogen (secondary N) is 2. The highest BCUT2D eigenvalue weighted by Gasteiger charge is 2.44. The van der Waals surface area contributed by atoms with Gasteiger partial charge in [0.25, 0.3) is 0 Å². The highest BCUT2D eigenvalue weighted by molar-refractivity contribution is 5.96. The third kappa shape index (κ3) is 8.12. The molecule has 2 aliphatic heterocycles. The summed E-state index contributed by atoms with van der Waals surface area (Å²) in [5.74, 6) is 9.58. The fraction of sp³-hybridized carbons (Fsp3) is 0.529. The van der Waals surface area contributed by atoms with Crippen LogP contribution in [0.1, 0.15) is 75.8 Å². The molecule has 2 aromatic carbocycles. The van der Waals surface area contributed by atoms with Gasteiger partial charge in [0, 0.05) is 38.0 Å². The lowest BCUT2D eigenvalue weighted by molar-refractivity contribution is 0.208. The molecule has 3 fully saturated rings. The number of nitrogens with two attached hydrogens (primary N) is 2. The quantitative estimate of drug-likeness (QED) is 0.130. The molecule has 6 N–H and O–H groups in total. The maximum absolute atomic E-state index is 14.4. The lowest BCUT2D eigenvalue weighted by atomic mass is 9.86. The van der Waals surface area contributed by atoms with Crippen molar-refractivity contribution >= 4 is 12.6 Å². The summed E-state index contributed by atoms with van der Waals surface area (Å²) in [5, 5.41) is 14.5. The lowest BCUT2D eigenvalue weighted by Crippen LogP contribution is -2.35. The van der Waals surface area contributed by atoms with E-state index in [2.05, 4.69) is 66.8 Å². The first-order chi connectivity index (χ1) is 19.8. The Kier molecular flexibility index (Phi) is 12.2. The van der Waals surface area contributed by atoms with Crippen molar-refractivity contribution in [3.63, 3.8) is 0 Å². The van der Waals surface area contributed by atoms with Gasteiger partial charge in [-0.05, 0) is 90.7 Å². The molecule has 2 aromatic rings. The molecule has 7 heteroatoms. The Bertz CT molecular complexity index is 1160. The van der Waals surface area contributed by atoms with Gasteiger partial charge in [-0.15, -0.1) is 0 Å². The number of benzene rings is 2. The highest BCUT2D eigenvalue weighted by Crippen LogP contribution is 2.41. The van der Waals surface area contributed by atoms with Gasteiger partial charge in [-0.25, -0.2) is 4.39 Å². The topological polar surface area (TPSA) is 106 Å². The largest absolute Gasteiger partial charge is 0.356 e. The monoisotopic (exact) mass is 562 g/mol. The van der Waals surface area contributed by atoms with Crippen LogP contribution in [0.3, 0.4) is 0 Å². The summed E-state index contributed by atoms with van der Waals surface area (Å²) in [4.78, 5) is 4.98. The number of hydrogen-bond donors (Lipinski definition) is 4. The number of halogens is 1. The molecule has 2 saturated heterocycles. The molecule has 3 aliphatic rings. The predicted molar refractivity (Wildman–Crippen MR) is 171 cm³/mol. The van der Waals surface area contributed by atoms with Crippen molar-refractivity contribution in [2.45, 2.75) is 71.1 Å². The summed E-state index contributed by atoms with van der Waals surface area (Å²) < 4.78 is 14.4. The summed E-state index contributed by atoms with van der Waals surface area (Å²) in [6, 6.07) is 13.4. The van der Waals surface area contributed by atoms with Crippen LogP contribution in [0.25, 0.3) is 11.1 Å². The Balaban J connectivity index is 0.00000111. The minimum Gasteiger partial charge on any atom is -0.356 e. The molecule has 6 nitrogen and oxygen atoms in total. The van der Waals surface area contributed by atoms with E-state index in [9.17, 15) is 4.39 Å². The van der Waals surface area contributed by atoms with Crippen molar-refractivity contribution in [3.05, 3.63) is 71.6 Å². The van der Waals surface area contributed by atoms with Crippen molar-refractivity contribution in [1.29, 1.82) is 10.8 Å². The van der Waals surface area contributed by atoms with Gasteiger partial charge in [0.05, 0.1) is 0 Å². The predicted octanol–water partition coefficient (Wildman–Crippen LogP) is 6.75. The van der Waals surface area contributed by atoms with Gasteiger partial charge in [0.1, 0.15) is 11.7 Å². The minimum atomic E-state index is -0.224. The molecular formula is C34H51FN6. The lowest BCUT2D eigenvalue weighted by Gasteiger charge is -2.29. The second kappa shape index (κ2) is 15.4. The molecule has 1 aliphatic carbocycles. The van der Waals surface area contributed by atoms with Gasteiger partial charge in [0.2, 0.25) is 0 Å². The molecule has 0 bridgehead atoms. The first kappa shape index (κ1) is 32.6. The van der Waals surface area contributed by atoms with E-state index >= 15 is 0 Å². The van der Waals surface area contributed by atoms with Crippen LogP contribution in [0.4, 0.5) is 4.39 Å². The molecule has 0 amide bonds. The summed E-state index contributed by atoms with van der Waals surface area (Å²) in [5.41, 5.74) is 5.41. The smallest absolute Gasteiger partial charge is 0.123 e. The zero-order valence-electron chi connectivity index (χ0n) is 25.2. The van der Waals surface area contributed by atoms with E-state index in [-0.39, 0.29) is 5.82 Å². The van der Waals surface area contributed by atoms with E-state index in [1.54, 1.807) is 6.07 Å². The Morgan fingerprint density at radius 2 is 1.68 bits per heavy atom. The van der Waals surface area contributed by atoms with Gasteiger partial charge in [-0.1, -0.05) is 70.0 Å². The fourth-order valence-corrected chi connectivity index (χ4v) is 7.11. The Labute approximate surface area is 247 Å². The van der Waals surface area contributed by atoms with Crippen LogP contribution >= 0.6 is 0 Å². The van der Waals surface area contributed by atoms with Crippen LogP contribution in [0.5, 0.6) is 0 Å². The van der Waals surface area contributed by atoms with Crippen LogP contribution in [0.15, 0.2) is 54.6 Å². The van der Waals surface area contributed by atoms with E-state index in [0.29, 0.717) is 23.6 Å². The van der Waals surface area contributed by atoms with Gasteiger partial charge in [-0.2, -0.15) is 0 Å². The average molecular weight is 563 g/mol. The molecule has 5 rings (SSSR count). The molecule has 2 heterocycles. The molecular weight excluding hydrogens is 511 g/mol. The summed E-state index contributed by atoms with van der Waals surface area (Å²) in [6.45, 7) is 16.8. The molecule has 1 unspecified atom stereocenters. The SMILES string of the molecule is C=C(Cc1ccc(F)cc1-c1ccccc1C(C)C)C(=N)N1CCC2(CCN(CC3CCCCC3)C2)C1.C=N.NN. The van der Waals surface area contributed by atoms with Crippen LogP contribution in [-0.2, 0) is 6.42 Å². The average Bonchev–Trinajstić information content (AvgIpc) is 3.61. The standard InChI is InChI=1S/C33H44FN3.CH3N.H4N2/c1-24(2)29-11-7-8-12-30(29)31-20-28(34)14-13-27(31)19-25(3)32(35)37-18-16-33(23-37)15-17-36(22-33)21-26-9-5-4-6-10-26;2*1-2/h7-8,11-14,20,24,26,35H,3-6,9-10,15-19,21-23H2,1-2H3;2H,1H2;1-2H2. The van der Waals surface area contributed by atoms with Gasteiger partial charge in [0.15, 0.2) is 0 Å². The molecule has 1 spiro atoms. The highest BCUT2D eigenvalue weighted by atomic mass is 19.1. The number of hydrogen-bond acceptors (Lipinski definition) is 5. The number of hydrazine groups is 1. The second-order valence-electron chi connectivity index (χ2n) is 12.3. The van der Waals surface area contributed by atoms with Gasteiger partial charge < -0.3 is 15.2 Å². The molecule has 1 saturated carbocycles. The number of amidine groups is 1. The van der Waals surface area contributed by atoms with Crippen LogP contribution in [-0.4, -0.2) is 55.1 Å². The van der Waals surface area contributed by atoms with E-state index in [1.807, 2.05) is 12.1 Å². The van der Waals surface area contributed by atoms with E-state index in [4.69, 9.17) is 10.8 Å². The minimum absolute atomic E-state index is 0.224. The van der Waals surface area contributed by atoms with Crippen molar-refractivity contribution < 1.29 is 4.39 Å². The van der Waals surface area contributed by atoms with Gasteiger partial charge >= 0.3 is 0 Å². The van der Waals surface area contributed by atoms with Gasteiger partial charge in [-0.3, -0.25) is 17.1 Å². The Hall–Kier alpha value is -2.87. The maximum Gasteiger partial charge on any atom is 0.123 e. The Morgan fingerprint density at radius 3 is 2.39 bits per heavy atom. The number of rotatable bonds is 7. The molecule has 0 radical (unpaired) electrons. The summed E-state index contributed by atoms with van der Waals surface area (Å²) in [6.07, 6.45) is 10.1. The first-order valence-electron chi connectivity index (χ1n) is 15.1. The van der Waals surface area contributed by atoms with E-state index in [0.717, 1.165) is 41.3 Å². The zero-order valence-corrected chi connectivity index (χ0v) is 25.2. The normalized spacial score (nSPS) is 20.9. The Morgan fingerprint density at radius 1 is 1.00 bits per heavy atom. The maximum atomic E-state index is 14.4.